The highest BCUT2D eigenvalue weighted by Gasteiger charge is 2.29. The van der Waals surface area contributed by atoms with Gasteiger partial charge in [-0.1, -0.05) is 28.7 Å². The Kier molecular flexibility index (Phi) is 7.14. The van der Waals surface area contributed by atoms with E-state index in [9.17, 15) is 9.59 Å². The van der Waals surface area contributed by atoms with Gasteiger partial charge in [0.25, 0.3) is 0 Å². The summed E-state index contributed by atoms with van der Waals surface area (Å²) < 4.78 is 1.56. The number of amides is 2. The first-order chi connectivity index (χ1) is 17.1. The van der Waals surface area contributed by atoms with Gasteiger partial charge in [0.15, 0.2) is 0 Å². The van der Waals surface area contributed by atoms with E-state index in [1.165, 1.54) is 22.7 Å². The highest BCUT2D eigenvalue weighted by molar-refractivity contribution is 7.15. The number of hydrogen-bond acceptors (Lipinski definition) is 10. The Morgan fingerprint density at radius 1 is 0.971 bits per heavy atom. The molecule has 0 radical (unpaired) electrons. The molecule has 4 aromatic rings. The van der Waals surface area contributed by atoms with E-state index in [-0.39, 0.29) is 24.8 Å². The van der Waals surface area contributed by atoms with Crippen molar-refractivity contribution in [3.8, 4) is 0 Å². The minimum Gasteiger partial charge on any atom is -0.300 e. The van der Waals surface area contributed by atoms with Gasteiger partial charge in [-0.25, -0.2) is 0 Å². The summed E-state index contributed by atoms with van der Waals surface area (Å²) in [6, 6.07) is 7.27. The highest BCUT2D eigenvalue weighted by atomic mass is 32.1. The molecule has 0 aromatic carbocycles. The largest absolute Gasteiger partial charge is 0.300 e. The van der Waals surface area contributed by atoms with Crippen LogP contribution < -0.4 is 10.6 Å². The summed E-state index contributed by atoms with van der Waals surface area (Å²) in [6.07, 6.45) is 9.12. The van der Waals surface area contributed by atoms with E-state index >= 15 is 0 Å². The maximum Gasteiger partial charge on any atom is 0.247 e. The summed E-state index contributed by atoms with van der Waals surface area (Å²) in [7, 11) is 0. The zero-order chi connectivity index (χ0) is 24.0. The third-order valence-electron chi connectivity index (χ3n) is 5.69. The fourth-order valence-corrected chi connectivity index (χ4v) is 5.88. The molecule has 1 fully saturated rings. The molecule has 1 aliphatic rings. The van der Waals surface area contributed by atoms with Crippen LogP contribution >= 0.6 is 22.7 Å². The number of carbonyl (C=O) groups is 2. The minimum atomic E-state index is -0.184. The van der Waals surface area contributed by atoms with E-state index in [0.29, 0.717) is 27.8 Å². The average molecular weight is 510 g/mol. The van der Waals surface area contributed by atoms with Crippen LogP contribution in [0.4, 0.5) is 10.3 Å². The Balaban J connectivity index is 1.09. The molecule has 11 nitrogen and oxygen atoms in total. The van der Waals surface area contributed by atoms with Crippen LogP contribution in [0.1, 0.15) is 40.9 Å². The third kappa shape index (κ3) is 6.31. The van der Waals surface area contributed by atoms with Gasteiger partial charge in [0.1, 0.15) is 16.6 Å². The van der Waals surface area contributed by atoms with E-state index in [0.717, 1.165) is 35.7 Å². The molecular formula is C22H23N9O2S2. The van der Waals surface area contributed by atoms with Crippen LogP contribution in [0, 0.1) is 5.92 Å². The van der Waals surface area contributed by atoms with Gasteiger partial charge >= 0.3 is 0 Å². The lowest BCUT2D eigenvalue weighted by Crippen LogP contribution is -2.18. The molecule has 0 aliphatic heterocycles. The molecule has 0 spiro atoms. The molecule has 1 saturated carbocycles. The molecule has 1 aliphatic carbocycles. The molecule has 180 valence electrons. The second-order valence-corrected chi connectivity index (χ2v) is 10.4. The summed E-state index contributed by atoms with van der Waals surface area (Å²) in [6.45, 7) is 0.139. The van der Waals surface area contributed by atoms with Gasteiger partial charge in [-0.15, -0.1) is 20.4 Å². The van der Waals surface area contributed by atoms with Crippen LogP contribution in [-0.2, 0) is 29.0 Å². The van der Waals surface area contributed by atoms with Crippen molar-refractivity contribution in [1.82, 2.24) is 35.2 Å². The number of rotatable bonds is 9. The van der Waals surface area contributed by atoms with Crippen LogP contribution in [0.25, 0.3) is 0 Å². The van der Waals surface area contributed by atoms with Crippen molar-refractivity contribution in [3.63, 3.8) is 0 Å². The second kappa shape index (κ2) is 10.8. The summed E-state index contributed by atoms with van der Waals surface area (Å²) >= 11 is 2.84. The van der Waals surface area contributed by atoms with E-state index in [1.54, 1.807) is 29.3 Å². The molecule has 2 amide bonds. The predicted molar refractivity (Wildman–Crippen MR) is 131 cm³/mol. The Labute approximate surface area is 209 Å². The average Bonchev–Trinajstić information content (AvgIpc) is 3.64. The van der Waals surface area contributed by atoms with Crippen LogP contribution in [0.15, 0.2) is 42.9 Å². The van der Waals surface area contributed by atoms with Gasteiger partial charge in [-0.2, -0.15) is 5.10 Å². The maximum absolute atomic E-state index is 12.3. The minimum absolute atomic E-state index is 0.139. The maximum atomic E-state index is 12.3. The van der Waals surface area contributed by atoms with Crippen molar-refractivity contribution in [3.05, 3.63) is 58.6 Å². The number of nitrogens with zero attached hydrogens (tertiary/aromatic N) is 7. The summed E-state index contributed by atoms with van der Waals surface area (Å²) in [4.78, 5) is 28.6. The van der Waals surface area contributed by atoms with Crippen LogP contribution in [0.2, 0.25) is 0 Å². The Morgan fingerprint density at radius 2 is 1.83 bits per heavy atom. The van der Waals surface area contributed by atoms with Gasteiger partial charge in [0.05, 0.1) is 6.42 Å². The smallest absolute Gasteiger partial charge is 0.247 e. The molecule has 13 heteroatoms. The fraction of sp³-hybridized carbons (Fsp3) is 0.364. The topological polar surface area (TPSA) is 140 Å². The lowest BCUT2D eigenvalue weighted by Gasteiger charge is -2.07. The van der Waals surface area contributed by atoms with Gasteiger partial charge in [0.2, 0.25) is 22.1 Å². The summed E-state index contributed by atoms with van der Waals surface area (Å²) in [5, 5.41) is 29.4. The zero-order valence-electron chi connectivity index (χ0n) is 18.7. The van der Waals surface area contributed by atoms with Crippen LogP contribution in [0.3, 0.4) is 0 Å². The van der Waals surface area contributed by atoms with Crippen molar-refractivity contribution in [2.75, 3.05) is 10.6 Å². The Morgan fingerprint density at radius 3 is 2.66 bits per heavy atom. The predicted octanol–water partition coefficient (Wildman–Crippen LogP) is 2.93. The molecule has 0 saturated heterocycles. The molecule has 4 heterocycles. The second-order valence-electron chi connectivity index (χ2n) is 8.32. The van der Waals surface area contributed by atoms with Crippen molar-refractivity contribution < 1.29 is 9.59 Å². The zero-order valence-corrected chi connectivity index (χ0v) is 20.3. The van der Waals surface area contributed by atoms with Gasteiger partial charge in [-0.05, 0) is 43.4 Å². The van der Waals surface area contributed by atoms with E-state index in [4.69, 9.17) is 0 Å². The van der Waals surface area contributed by atoms with Crippen molar-refractivity contribution in [1.29, 1.82) is 0 Å². The first kappa shape index (κ1) is 23.2. The number of nitrogens with one attached hydrogen (secondary N) is 2. The van der Waals surface area contributed by atoms with Crippen molar-refractivity contribution in [2.24, 2.45) is 5.92 Å². The number of aromatic nitrogens is 7. The number of pyridine rings is 1. The number of carbonyl (C=O) groups excluding carboxylic acids is 2. The molecule has 4 aromatic heterocycles. The standard InChI is InChI=1S/C22H23N9O2S2/c32-17(12-16-4-1-2-7-23-16)25-22-30-28-20(35-22)15-6-5-14(10-15)11-19-27-29-21(34-19)26-18(33)13-31-9-3-8-24-31/h1-4,7-9,14-15H,5-6,10-13H2,(H,25,30,32)(H,26,29,33)/t14-,15+/m0/s1. The lowest BCUT2D eigenvalue weighted by molar-refractivity contribution is -0.117. The Hall–Kier alpha value is -3.58. The lowest BCUT2D eigenvalue weighted by atomic mass is 10.0. The first-order valence-electron chi connectivity index (χ1n) is 11.2. The number of anilines is 2. The molecule has 0 unspecified atom stereocenters. The Bertz CT molecular complexity index is 1270. The molecule has 5 rings (SSSR count). The highest BCUT2D eigenvalue weighted by Crippen LogP contribution is 2.41. The molecule has 0 bridgehead atoms. The fourth-order valence-electron chi connectivity index (χ4n) is 4.10. The van der Waals surface area contributed by atoms with E-state index in [2.05, 4.69) is 41.1 Å². The van der Waals surface area contributed by atoms with Crippen molar-refractivity contribution >= 4 is 44.8 Å². The van der Waals surface area contributed by atoms with Gasteiger partial charge in [-0.3, -0.25) is 24.6 Å². The first-order valence-corrected chi connectivity index (χ1v) is 12.9. The summed E-state index contributed by atoms with van der Waals surface area (Å²) in [5.74, 6) is 0.447. The van der Waals surface area contributed by atoms with Crippen LogP contribution in [-0.4, -0.2) is 47.0 Å². The third-order valence-corrected chi connectivity index (χ3v) is 7.55. The van der Waals surface area contributed by atoms with E-state index in [1.807, 2.05) is 18.2 Å². The number of hydrogen-bond donors (Lipinski definition) is 2. The SMILES string of the molecule is O=C(Cn1cccn1)Nc1nnc(C[C@H]2CC[C@@H](c3nnc(NC(=O)Cc4ccccn4)s3)C2)s1. The normalized spacial score (nSPS) is 17.4. The van der Waals surface area contributed by atoms with Crippen molar-refractivity contribution in [2.45, 2.75) is 44.6 Å². The van der Waals surface area contributed by atoms with Gasteiger partial charge in [0, 0.05) is 36.6 Å². The van der Waals surface area contributed by atoms with E-state index < -0.39 is 0 Å². The summed E-state index contributed by atoms with van der Waals surface area (Å²) in [5.41, 5.74) is 0.714. The molecular weight excluding hydrogens is 486 g/mol. The quantitative estimate of drug-likeness (QED) is 0.351. The molecule has 2 atom stereocenters. The molecule has 2 N–H and O–H groups in total. The molecule has 35 heavy (non-hydrogen) atoms. The van der Waals surface area contributed by atoms with Crippen LogP contribution in [0.5, 0.6) is 0 Å². The monoisotopic (exact) mass is 509 g/mol. The van der Waals surface area contributed by atoms with Gasteiger partial charge < -0.3 is 5.32 Å².